The number of likely N-dealkylation sites (tertiary alicyclic amines) is 1. The predicted molar refractivity (Wildman–Crippen MR) is 111 cm³/mol. The first kappa shape index (κ1) is 18.5. The maximum atomic E-state index is 11.6. The van der Waals surface area contributed by atoms with Crippen molar-refractivity contribution < 1.29 is 14.6 Å². The number of aryl methyl sites for hydroxylation is 1. The average Bonchev–Trinajstić information content (AvgIpc) is 3.17. The fourth-order valence-electron chi connectivity index (χ4n) is 4.04. The van der Waals surface area contributed by atoms with E-state index in [1.807, 2.05) is 24.3 Å². The fourth-order valence-corrected chi connectivity index (χ4v) is 4.56. The van der Waals surface area contributed by atoms with Crippen LogP contribution in [0.25, 0.3) is 11.0 Å². The van der Waals surface area contributed by atoms with Gasteiger partial charge in [0.2, 0.25) is 5.91 Å². The van der Waals surface area contributed by atoms with Crippen LogP contribution in [0.15, 0.2) is 36.4 Å². The van der Waals surface area contributed by atoms with E-state index in [4.69, 9.17) is 4.74 Å². The van der Waals surface area contributed by atoms with Gasteiger partial charge in [-0.2, -0.15) is 8.75 Å². The molecule has 0 unspecified atom stereocenters. The highest BCUT2D eigenvalue weighted by Crippen LogP contribution is 2.29. The number of aromatic nitrogens is 2. The summed E-state index contributed by atoms with van der Waals surface area (Å²) in [6.45, 7) is 2.17. The van der Waals surface area contributed by atoms with Crippen molar-refractivity contribution in [2.75, 3.05) is 18.4 Å². The van der Waals surface area contributed by atoms with Gasteiger partial charge in [0.05, 0.1) is 11.7 Å². The second kappa shape index (κ2) is 7.70. The Morgan fingerprint density at radius 1 is 1.17 bits per heavy atom. The van der Waals surface area contributed by atoms with Crippen LogP contribution < -0.4 is 10.1 Å². The van der Waals surface area contributed by atoms with Crippen molar-refractivity contribution in [1.82, 2.24) is 13.6 Å². The number of fused-ring (bicyclic) bond motifs is 2. The van der Waals surface area contributed by atoms with E-state index in [0.717, 1.165) is 48.2 Å². The second-order valence-corrected chi connectivity index (χ2v) is 8.23. The number of benzene rings is 2. The molecule has 2 N–H and O–H groups in total. The number of hydrogen-bond acceptors (Lipinski definition) is 7. The minimum Gasteiger partial charge on any atom is -0.488 e. The number of ether oxygens (including phenoxy) is 1. The molecule has 150 valence electrons. The molecule has 2 aromatic carbocycles. The van der Waals surface area contributed by atoms with Gasteiger partial charge in [0, 0.05) is 37.8 Å². The van der Waals surface area contributed by atoms with Gasteiger partial charge in [0.25, 0.3) is 0 Å². The summed E-state index contributed by atoms with van der Waals surface area (Å²) in [5, 5.41) is 13.5. The number of rotatable bonds is 4. The molecule has 0 saturated carbocycles. The predicted octanol–water partition coefficient (Wildman–Crippen LogP) is 2.59. The average molecular weight is 410 g/mol. The molecular formula is C21H22N4O3S. The Balaban J connectivity index is 1.21. The molecule has 2 aliphatic rings. The molecule has 3 aromatic rings. The molecule has 2 atom stereocenters. The summed E-state index contributed by atoms with van der Waals surface area (Å²) in [7, 11) is 0. The van der Waals surface area contributed by atoms with Crippen molar-refractivity contribution in [3.63, 3.8) is 0 Å². The zero-order chi connectivity index (χ0) is 19.8. The maximum absolute atomic E-state index is 11.6. The Kier molecular flexibility index (Phi) is 4.91. The highest BCUT2D eigenvalue weighted by atomic mass is 32.1. The third-order valence-corrected chi connectivity index (χ3v) is 6.15. The Labute approximate surface area is 172 Å². The van der Waals surface area contributed by atoms with Crippen LogP contribution in [0.5, 0.6) is 5.75 Å². The smallest absolute Gasteiger partial charge is 0.224 e. The molecule has 3 heterocycles. The lowest BCUT2D eigenvalue weighted by atomic mass is 10.0. The number of nitrogens with zero attached hydrogens (tertiary/aromatic N) is 3. The van der Waals surface area contributed by atoms with Crippen LogP contribution in [0.3, 0.4) is 0 Å². The number of aliphatic hydroxyl groups excluding tert-OH is 1. The molecule has 0 radical (unpaired) electrons. The van der Waals surface area contributed by atoms with Crippen molar-refractivity contribution in [1.29, 1.82) is 0 Å². The third-order valence-electron chi connectivity index (χ3n) is 5.59. The summed E-state index contributed by atoms with van der Waals surface area (Å²) >= 11 is 1.22. The van der Waals surface area contributed by atoms with Crippen molar-refractivity contribution in [3.05, 3.63) is 47.5 Å². The van der Waals surface area contributed by atoms with E-state index in [1.54, 1.807) is 0 Å². The number of carbonyl (C=O) groups is 1. The van der Waals surface area contributed by atoms with Crippen LogP contribution in [0.2, 0.25) is 0 Å². The summed E-state index contributed by atoms with van der Waals surface area (Å²) in [6.07, 6.45) is 1.19. The standard InChI is InChI=1S/C21H22N4O3S/c26-19-12-25(11-13-1-5-16-18(9-13)24-29-23-16)8-7-20(19)28-15-4-2-14-3-6-21(27)22-17(14)10-15/h1-2,4-5,9-10,19-20,26H,3,6-8,11-12H2,(H,22,27)/t19-,20-/m1/s1. The van der Waals surface area contributed by atoms with Crippen LogP contribution in [0, 0.1) is 0 Å². The number of anilines is 1. The molecule has 0 bridgehead atoms. The van der Waals surface area contributed by atoms with E-state index >= 15 is 0 Å². The molecule has 0 spiro atoms. The van der Waals surface area contributed by atoms with E-state index in [9.17, 15) is 9.90 Å². The van der Waals surface area contributed by atoms with Crippen molar-refractivity contribution in [2.24, 2.45) is 0 Å². The molecule has 8 heteroatoms. The summed E-state index contributed by atoms with van der Waals surface area (Å²) in [6, 6.07) is 11.9. The maximum Gasteiger partial charge on any atom is 0.224 e. The van der Waals surface area contributed by atoms with Crippen molar-refractivity contribution in [2.45, 2.75) is 38.0 Å². The molecule has 1 saturated heterocycles. The van der Waals surface area contributed by atoms with Crippen LogP contribution in [0.4, 0.5) is 5.69 Å². The molecule has 7 nitrogen and oxygen atoms in total. The lowest BCUT2D eigenvalue weighted by Crippen LogP contribution is -2.48. The largest absolute Gasteiger partial charge is 0.488 e. The van der Waals surface area contributed by atoms with E-state index in [0.29, 0.717) is 18.7 Å². The molecule has 0 aliphatic carbocycles. The van der Waals surface area contributed by atoms with Gasteiger partial charge in [-0.3, -0.25) is 9.69 Å². The highest BCUT2D eigenvalue weighted by Gasteiger charge is 2.29. The SMILES string of the molecule is O=C1CCc2ccc(O[C@@H]3CCN(Cc4ccc5nsnc5c4)C[C@H]3O)cc2N1. The number of aliphatic hydroxyl groups is 1. The Bertz CT molecular complexity index is 1050. The molecule has 29 heavy (non-hydrogen) atoms. The number of hydrogen-bond donors (Lipinski definition) is 2. The van der Waals surface area contributed by atoms with E-state index in [1.165, 1.54) is 17.3 Å². The van der Waals surface area contributed by atoms with Crippen LogP contribution in [-0.4, -0.2) is 50.0 Å². The first-order chi connectivity index (χ1) is 14.1. The molecular weight excluding hydrogens is 388 g/mol. The zero-order valence-electron chi connectivity index (χ0n) is 15.9. The summed E-state index contributed by atoms with van der Waals surface area (Å²) in [5.41, 5.74) is 4.96. The van der Waals surface area contributed by atoms with E-state index in [2.05, 4.69) is 31.1 Å². The fraction of sp³-hybridized carbons (Fsp3) is 0.381. The molecule has 2 aliphatic heterocycles. The second-order valence-electron chi connectivity index (χ2n) is 7.70. The highest BCUT2D eigenvalue weighted by molar-refractivity contribution is 7.00. The minimum atomic E-state index is -0.570. The number of carbonyl (C=O) groups excluding carboxylic acids is 1. The lowest BCUT2D eigenvalue weighted by Gasteiger charge is -2.36. The van der Waals surface area contributed by atoms with Crippen molar-refractivity contribution >= 4 is 34.4 Å². The topological polar surface area (TPSA) is 87.6 Å². The number of β-amino-alcohol motifs (C(OH)–C–C–N with tert-alkyl or cyclic N) is 1. The Morgan fingerprint density at radius 3 is 2.97 bits per heavy atom. The van der Waals surface area contributed by atoms with Gasteiger partial charge in [0.1, 0.15) is 29.0 Å². The monoisotopic (exact) mass is 410 g/mol. The molecule has 1 fully saturated rings. The lowest BCUT2D eigenvalue weighted by molar-refractivity contribution is -0.116. The quantitative estimate of drug-likeness (QED) is 0.688. The normalized spacial score (nSPS) is 22.3. The first-order valence-corrected chi connectivity index (χ1v) is 10.6. The Hall–Kier alpha value is -2.55. The summed E-state index contributed by atoms with van der Waals surface area (Å²) in [5.74, 6) is 0.722. The van der Waals surface area contributed by atoms with E-state index in [-0.39, 0.29) is 12.0 Å². The number of piperidine rings is 1. The third kappa shape index (κ3) is 3.96. The van der Waals surface area contributed by atoms with Gasteiger partial charge in [-0.25, -0.2) is 0 Å². The van der Waals surface area contributed by atoms with E-state index < -0.39 is 6.10 Å². The zero-order valence-corrected chi connectivity index (χ0v) is 16.7. The molecule has 1 aromatic heterocycles. The van der Waals surface area contributed by atoms with Gasteiger partial charge >= 0.3 is 0 Å². The number of amides is 1. The number of nitrogens with one attached hydrogen (secondary N) is 1. The summed E-state index contributed by atoms with van der Waals surface area (Å²) in [4.78, 5) is 13.9. The van der Waals surface area contributed by atoms with Gasteiger partial charge < -0.3 is 15.2 Å². The first-order valence-electron chi connectivity index (χ1n) is 9.85. The molecule has 1 amide bonds. The van der Waals surface area contributed by atoms with Gasteiger partial charge in [-0.15, -0.1) is 0 Å². The van der Waals surface area contributed by atoms with Crippen LogP contribution >= 0.6 is 11.7 Å². The Morgan fingerprint density at radius 2 is 2.07 bits per heavy atom. The van der Waals surface area contributed by atoms with Crippen molar-refractivity contribution in [3.8, 4) is 5.75 Å². The van der Waals surface area contributed by atoms with Crippen LogP contribution in [-0.2, 0) is 17.8 Å². The van der Waals surface area contributed by atoms with Gasteiger partial charge in [-0.05, 0) is 42.2 Å². The van der Waals surface area contributed by atoms with Gasteiger partial charge in [0.15, 0.2) is 0 Å². The molecule has 5 rings (SSSR count). The summed E-state index contributed by atoms with van der Waals surface area (Å²) < 4.78 is 14.6. The van der Waals surface area contributed by atoms with Gasteiger partial charge in [-0.1, -0.05) is 12.1 Å². The van der Waals surface area contributed by atoms with Crippen LogP contribution in [0.1, 0.15) is 24.0 Å². The minimum absolute atomic E-state index is 0.0367.